The van der Waals surface area contributed by atoms with Gasteiger partial charge in [0.1, 0.15) is 5.76 Å². The Balaban J connectivity index is 2.56. The molecular weight excluding hydrogens is 202 g/mol. The zero-order valence-electron chi connectivity index (χ0n) is 10.5. The maximum atomic E-state index is 5.43. The average molecular weight is 225 g/mol. The van der Waals surface area contributed by atoms with Gasteiger partial charge in [-0.2, -0.15) is 0 Å². The minimum atomic E-state index is 0.163. The Morgan fingerprint density at radius 2 is 2.25 bits per heavy atom. The third kappa shape index (κ3) is 3.99. The molecule has 0 bridgehead atoms. The second kappa shape index (κ2) is 7.47. The summed E-state index contributed by atoms with van der Waals surface area (Å²) in [4.78, 5) is 0. The number of hydrogen-bond acceptors (Lipinski definition) is 3. The van der Waals surface area contributed by atoms with Crippen molar-refractivity contribution in [2.45, 2.75) is 45.2 Å². The topological polar surface area (TPSA) is 34.4 Å². The van der Waals surface area contributed by atoms with E-state index in [1.807, 2.05) is 12.1 Å². The molecule has 1 aromatic heterocycles. The van der Waals surface area contributed by atoms with Crippen LogP contribution in [-0.2, 0) is 4.74 Å². The molecule has 0 aliphatic rings. The summed E-state index contributed by atoms with van der Waals surface area (Å²) in [5, 5.41) is 3.59. The molecule has 2 unspecified atom stereocenters. The van der Waals surface area contributed by atoms with Gasteiger partial charge in [0.15, 0.2) is 0 Å². The number of hydrogen-bond donors (Lipinski definition) is 1. The lowest BCUT2D eigenvalue weighted by atomic mass is 10.1. The van der Waals surface area contributed by atoms with Crippen LogP contribution in [0.1, 0.15) is 44.9 Å². The van der Waals surface area contributed by atoms with Gasteiger partial charge in [-0.3, -0.25) is 0 Å². The summed E-state index contributed by atoms with van der Waals surface area (Å²) in [6.45, 7) is 5.07. The highest BCUT2D eigenvalue weighted by molar-refractivity contribution is 5.04. The zero-order chi connectivity index (χ0) is 11.8. The number of rotatable bonds is 8. The lowest BCUT2D eigenvalue weighted by molar-refractivity contribution is 0.149. The predicted molar refractivity (Wildman–Crippen MR) is 65.4 cm³/mol. The van der Waals surface area contributed by atoms with Crippen LogP contribution < -0.4 is 5.32 Å². The van der Waals surface area contributed by atoms with Crippen LogP contribution in [0.15, 0.2) is 22.8 Å². The lowest BCUT2D eigenvalue weighted by Crippen LogP contribution is -2.34. The van der Waals surface area contributed by atoms with Crippen LogP contribution in [0.3, 0.4) is 0 Å². The third-order valence-electron chi connectivity index (χ3n) is 2.79. The number of furan rings is 1. The predicted octanol–water partition coefficient (Wildman–Crippen LogP) is 3.14. The smallest absolute Gasteiger partial charge is 0.123 e. The third-order valence-corrected chi connectivity index (χ3v) is 2.79. The standard InChI is InChI=1S/C13H23NO2/c1-4-7-11(5-2)14-12(10-15-3)13-8-6-9-16-13/h6,8-9,11-12,14H,4-5,7,10H2,1-3H3. The van der Waals surface area contributed by atoms with E-state index in [2.05, 4.69) is 19.2 Å². The van der Waals surface area contributed by atoms with E-state index >= 15 is 0 Å². The van der Waals surface area contributed by atoms with Crippen molar-refractivity contribution in [3.63, 3.8) is 0 Å². The number of methoxy groups -OCH3 is 1. The van der Waals surface area contributed by atoms with Crippen molar-refractivity contribution in [2.24, 2.45) is 0 Å². The molecule has 1 heterocycles. The van der Waals surface area contributed by atoms with Crippen molar-refractivity contribution in [3.05, 3.63) is 24.2 Å². The van der Waals surface area contributed by atoms with Gasteiger partial charge < -0.3 is 14.5 Å². The van der Waals surface area contributed by atoms with E-state index in [4.69, 9.17) is 9.15 Å². The molecule has 0 saturated carbocycles. The molecule has 3 heteroatoms. The minimum absolute atomic E-state index is 0.163. The van der Waals surface area contributed by atoms with Gasteiger partial charge in [-0.05, 0) is 25.0 Å². The van der Waals surface area contributed by atoms with E-state index in [0.717, 1.165) is 12.2 Å². The van der Waals surface area contributed by atoms with Gasteiger partial charge in [0, 0.05) is 13.2 Å². The Morgan fingerprint density at radius 1 is 1.44 bits per heavy atom. The van der Waals surface area contributed by atoms with Crippen molar-refractivity contribution in [1.29, 1.82) is 0 Å². The van der Waals surface area contributed by atoms with Gasteiger partial charge in [-0.15, -0.1) is 0 Å². The summed E-state index contributed by atoms with van der Waals surface area (Å²) >= 11 is 0. The van der Waals surface area contributed by atoms with Crippen molar-refractivity contribution in [2.75, 3.05) is 13.7 Å². The lowest BCUT2D eigenvalue weighted by Gasteiger charge is -2.22. The minimum Gasteiger partial charge on any atom is -0.468 e. The molecule has 0 amide bonds. The molecule has 2 atom stereocenters. The second-order valence-electron chi connectivity index (χ2n) is 4.08. The summed E-state index contributed by atoms with van der Waals surface area (Å²) in [7, 11) is 1.72. The molecule has 0 aromatic carbocycles. The van der Waals surface area contributed by atoms with Crippen molar-refractivity contribution < 1.29 is 9.15 Å². The molecule has 0 aliphatic carbocycles. The van der Waals surface area contributed by atoms with Crippen molar-refractivity contribution in [1.82, 2.24) is 5.32 Å². The van der Waals surface area contributed by atoms with E-state index in [1.54, 1.807) is 13.4 Å². The van der Waals surface area contributed by atoms with Gasteiger partial charge in [0.25, 0.3) is 0 Å². The van der Waals surface area contributed by atoms with Crippen molar-refractivity contribution >= 4 is 0 Å². The Kier molecular flexibility index (Phi) is 6.19. The largest absolute Gasteiger partial charge is 0.468 e. The Morgan fingerprint density at radius 3 is 2.75 bits per heavy atom. The highest BCUT2D eigenvalue weighted by Gasteiger charge is 2.17. The maximum absolute atomic E-state index is 5.43. The molecule has 1 rings (SSSR count). The molecule has 92 valence electrons. The van der Waals surface area contributed by atoms with E-state index in [1.165, 1.54) is 12.8 Å². The normalized spacial score (nSPS) is 14.9. The van der Waals surface area contributed by atoms with Crippen molar-refractivity contribution in [3.8, 4) is 0 Å². The fraction of sp³-hybridized carbons (Fsp3) is 0.692. The molecule has 1 N–H and O–H groups in total. The molecule has 16 heavy (non-hydrogen) atoms. The van der Waals surface area contributed by atoms with Crippen LogP contribution in [0.25, 0.3) is 0 Å². The number of nitrogens with one attached hydrogen (secondary N) is 1. The van der Waals surface area contributed by atoms with E-state index < -0.39 is 0 Å². The maximum Gasteiger partial charge on any atom is 0.123 e. The van der Waals surface area contributed by atoms with E-state index in [-0.39, 0.29) is 6.04 Å². The SMILES string of the molecule is CCCC(CC)NC(COC)c1ccco1. The monoisotopic (exact) mass is 225 g/mol. The van der Waals surface area contributed by atoms with Crippen LogP contribution in [0.4, 0.5) is 0 Å². The summed E-state index contributed by atoms with van der Waals surface area (Å²) in [6, 6.07) is 4.61. The summed E-state index contributed by atoms with van der Waals surface area (Å²) < 4.78 is 10.7. The summed E-state index contributed by atoms with van der Waals surface area (Å²) in [5.74, 6) is 0.955. The van der Waals surface area contributed by atoms with Gasteiger partial charge in [0.05, 0.1) is 18.9 Å². The van der Waals surface area contributed by atoms with Crippen LogP contribution in [0.5, 0.6) is 0 Å². The molecule has 0 saturated heterocycles. The van der Waals surface area contributed by atoms with Crippen LogP contribution in [0.2, 0.25) is 0 Å². The first kappa shape index (κ1) is 13.3. The van der Waals surface area contributed by atoms with Gasteiger partial charge >= 0.3 is 0 Å². The Bertz CT molecular complexity index is 259. The molecule has 0 radical (unpaired) electrons. The molecule has 0 spiro atoms. The molecule has 3 nitrogen and oxygen atoms in total. The fourth-order valence-electron chi connectivity index (χ4n) is 1.91. The fourth-order valence-corrected chi connectivity index (χ4v) is 1.91. The van der Waals surface area contributed by atoms with Crippen LogP contribution >= 0.6 is 0 Å². The van der Waals surface area contributed by atoms with Gasteiger partial charge in [-0.25, -0.2) is 0 Å². The van der Waals surface area contributed by atoms with E-state index in [0.29, 0.717) is 12.6 Å². The average Bonchev–Trinajstić information content (AvgIpc) is 2.81. The summed E-state index contributed by atoms with van der Waals surface area (Å²) in [6.07, 6.45) is 5.23. The molecule has 0 aliphatic heterocycles. The molecule has 0 fully saturated rings. The van der Waals surface area contributed by atoms with E-state index in [9.17, 15) is 0 Å². The van der Waals surface area contributed by atoms with Crippen LogP contribution in [-0.4, -0.2) is 19.8 Å². The Hall–Kier alpha value is -0.800. The first-order chi connectivity index (χ1) is 7.81. The molecular formula is C13H23NO2. The first-order valence-corrected chi connectivity index (χ1v) is 6.10. The summed E-state index contributed by atoms with van der Waals surface area (Å²) in [5.41, 5.74) is 0. The highest BCUT2D eigenvalue weighted by atomic mass is 16.5. The second-order valence-corrected chi connectivity index (χ2v) is 4.08. The first-order valence-electron chi connectivity index (χ1n) is 6.10. The zero-order valence-corrected chi connectivity index (χ0v) is 10.5. The van der Waals surface area contributed by atoms with Gasteiger partial charge in [0.2, 0.25) is 0 Å². The highest BCUT2D eigenvalue weighted by Crippen LogP contribution is 2.16. The molecule has 1 aromatic rings. The van der Waals surface area contributed by atoms with Crippen LogP contribution in [0, 0.1) is 0 Å². The van der Waals surface area contributed by atoms with Gasteiger partial charge in [-0.1, -0.05) is 20.3 Å². The quantitative estimate of drug-likeness (QED) is 0.738. The Labute approximate surface area is 98.2 Å². The number of ether oxygens (including phenoxy) is 1.